The van der Waals surface area contributed by atoms with Crippen LogP contribution in [-0.4, -0.2) is 35.9 Å². The van der Waals surface area contributed by atoms with Gasteiger partial charge in [0.1, 0.15) is 5.75 Å². The molecule has 0 fully saturated rings. The highest BCUT2D eigenvalue weighted by Gasteiger charge is 2.29. The summed E-state index contributed by atoms with van der Waals surface area (Å²) < 4.78 is 5.49. The van der Waals surface area contributed by atoms with Gasteiger partial charge in [-0.15, -0.1) is 0 Å². The zero-order chi connectivity index (χ0) is 19.7. The standard InChI is InChI=1S/C21H19N3O4/c1-13-16(9-17(22-13)14-5-3-2-4-6-14)11-24-18-10-15(21(26)23-27)7-8-19(18)28-12-20(24)25/h2-8,10,27H,9,11-12H2,1H3,(H,23,26). The van der Waals surface area contributed by atoms with E-state index in [0.717, 1.165) is 22.5 Å². The summed E-state index contributed by atoms with van der Waals surface area (Å²) in [6.45, 7) is 2.25. The number of ether oxygens (including phenoxy) is 1. The lowest BCUT2D eigenvalue weighted by atomic mass is 10.0. The molecule has 0 saturated heterocycles. The Labute approximate surface area is 161 Å². The van der Waals surface area contributed by atoms with Crippen LogP contribution >= 0.6 is 0 Å². The molecule has 0 radical (unpaired) electrons. The number of fused-ring (bicyclic) bond motifs is 1. The molecule has 0 aliphatic carbocycles. The predicted molar refractivity (Wildman–Crippen MR) is 104 cm³/mol. The fraction of sp³-hybridized carbons (Fsp3) is 0.190. The summed E-state index contributed by atoms with van der Waals surface area (Å²) in [6.07, 6.45) is 0.659. The maximum Gasteiger partial charge on any atom is 0.274 e. The van der Waals surface area contributed by atoms with Crippen LogP contribution in [0.5, 0.6) is 5.75 Å². The molecule has 4 rings (SSSR count). The minimum Gasteiger partial charge on any atom is -0.482 e. The Hall–Kier alpha value is -3.45. The Balaban J connectivity index is 1.60. The van der Waals surface area contributed by atoms with Crippen molar-refractivity contribution in [3.8, 4) is 5.75 Å². The summed E-state index contributed by atoms with van der Waals surface area (Å²) >= 11 is 0. The third-order valence-electron chi connectivity index (χ3n) is 4.92. The monoisotopic (exact) mass is 377 g/mol. The summed E-state index contributed by atoms with van der Waals surface area (Å²) in [5.74, 6) is -0.316. The highest BCUT2D eigenvalue weighted by Crippen LogP contribution is 2.35. The molecule has 2 N–H and O–H groups in total. The first kappa shape index (κ1) is 17.9. The number of hydrogen-bond donors (Lipinski definition) is 2. The van der Waals surface area contributed by atoms with Gasteiger partial charge in [0.2, 0.25) is 0 Å². The van der Waals surface area contributed by atoms with Crippen LogP contribution in [0.2, 0.25) is 0 Å². The number of aliphatic imine (C=N–C) groups is 1. The van der Waals surface area contributed by atoms with Crippen LogP contribution < -0.4 is 15.1 Å². The van der Waals surface area contributed by atoms with E-state index in [1.807, 2.05) is 37.3 Å². The van der Waals surface area contributed by atoms with Gasteiger partial charge >= 0.3 is 0 Å². The van der Waals surface area contributed by atoms with Crippen molar-refractivity contribution < 1.29 is 19.5 Å². The lowest BCUT2D eigenvalue weighted by Crippen LogP contribution is -2.40. The van der Waals surface area contributed by atoms with Gasteiger partial charge in [0.05, 0.1) is 11.4 Å². The van der Waals surface area contributed by atoms with Crippen LogP contribution in [0.3, 0.4) is 0 Å². The summed E-state index contributed by atoms with van der Waals surface area (Å²) in [5, 5.41) is 8.88. The van der Waals surface area contributed by atoms with Gasteiger partial charge in [-0.3, -0.25) is 19.8 Å². The zero-order valence-corrected chi connectivity index (χ0v) is 15.3. The minimum absolute atomic E-state index is 0.0583. The zero-order valence-electron chi connectivity index (χ0n) is 15.3. The van der Waals surface area contributed by atoms with Crippen molar-refractivity contribution in [2.45, 2.75) is 13.3 Å². The van der Waals surface area contributed by atoms with Crippen LogP contribution in [-0.2, 0) is 4.79 Å². The van der Waals surface area contributed by atoms with Crippen molar-refractivity contribution in [3.05, 3.63) is 70.9 Å². The van der Waals surface area contributed by atoms with E-state index in [1.165, 1.54) is 6.07 Å². The van der Waals surface area contributed by atoms with Crippen LogP contribution in [0, 0.1) is 0 Å². The fourth-order valence-electron chi connectivity index (χ4n) is 3.39. The molecule has 142 valence electrons. The highest BCUT2D eigenvalue weighted by atomic mass is 16.5. The second-order valence-electron chi connectivity index (χ2n) is 6.68. The van der Waals surface area contributed by atoms with E-state index in [0.29, 0.717) is 24.4 Å². The lowest BCUT2D eigenvalue weighted by Gasteiger charge is -2.30. The van der Waals surface area contributed by atoms with Crippen molar-refractivity contribution in [2.75, 3.05) is 18.1 Å². The van der Waals surface area contributed by atoms with E-state index in [4.69, 9.17) is 9.94 Å². The van der Waals surface area contributed by atoms with Gasteiger partial charge in [-0.25, -0.2) is 5.48 Å². The van der Waals surface area contributed by atoms with Crippen LogP contribution in [0.1, 0.15) is 29.3 Å². The molecule has 2 aliphatic rings. The maximum absolute atomic E-state index is 12.5. The molecule has 28 heavy (non-hydrogen) atoms. The number of benzene rings is 2. The molecular formula is C21H19N3O4. The molecule has 2 aromatic carbocycles. The number of anilines is 1. The number of rotatable bonds is 4. The molecule has 7 heteroatoms. The number of carbonyl (C=O) groups is 2. The highest BCUT2D eigenvalue weighted by molar-refractivity contribution is 6.05. The molecule has 2 amide bonds. The second-order valence-corrected chi connectivity index (χ2v) is 6.68. The first-order valence-corrected chi connectivity index (χ1v) is 8.90. The van der Waals surface area contributed by atoms with Crippen LogP contribution in [0.15, 0.2) is 64.8 Å². The van der Waals surface area contributed by atoms with E-state index < -0.39 is 5.91 Å². The Bertz CT molecular complexity index is 1010. The SMILES string of the molecule is CC1=C(CN2C(=O)COc3ccc(C(=O)NO)cc32)CC(c2ccccc2)=N1. The molecule has 0 bridgehead atoms. The maximum atomic E-state index is 12.5. The number of carbonyl (C=O) groups excluding carboxylic acids is 2. The van der Waals surface area contributed by atoms with Crippen molar-refractivity contribution >= 4 is 23.2 Å². The number of amides is 2. The first-order chi connectivity index (χ1) is 13.6. The normalized spacial score (nSPS) is 15.9. The van der Waals surface area contributed by atoms with Gasteiger partial charge in [0, 0.05) is 24.2 Å². The fourth-order valence-corrected chi connectivity index (χ4v) is 3.39. The molecule has 0 spiro atoms. The average Bonchev–Trinajstić information content (AvgIpc) is 3.10. The van der Waals surface area contributed by atoms with Gasteiger partial charge in [-0.2, -0.15) is 0 Å². The third-order valence-corrected chi connectivity index (χ3v) is 4.92. The van der Waals surface area contributed by atoms with Crippen molar-refractivity contribution in [1.82, 2.24) is 5.48 Å². The summed E-state index contributed by atoms with van der Waals surface area (Å²) in [7, 11) is 0. The summed E-state index contributed by atoms with van der Waals surface area (Å²) in [6, 6.07) is 14.6. The quantitative estimate of drug-likeness (QED) is 0.633. The summed E-state index contributed by atoms with van der Waals surface area (Å²) in [4.78, 5) is 30.6. The topological polar surface area (TPSA) is 91.2 Å². The minimum atomic E-state index is -0.647. The third kappa shape index (κ3) is 3.27. The van der Waals surface area contributed by atoms with Gasteiger partial charge in [-0.1, -0.05) is 30.3 Å². The Morgan fingerprint density at radius 2 is 2.04 bits per heavy atom. The predicted octanol–water partition coefficient (Wildman–Crippen LogP) is 2.70. The molecule has 2 aromatic rings. The Morgan fingerprint density at radius 3 is 2.79 bits per heavy atom. The van der Waals surface area contributed by atoms with E-state index in [9.17, 15) is 9.59 Å². The molecule has 0 aromatic heterocycles. The van der Waals surface area contributed by atoms with Crippen molar-refractivity contribution in [1.29, 1.82) is 0 Å². The molecular weight excluding hydrogens is 358 g/mol. The van der Waals surface area contributed by atoms with Gasteiger partial charge < -0.3 is 9.64 Å². The molecule has 2 heterocycles. The molecule has 0 unspecified atom stereocenters. The second kappa shape index (κ2) is 7.28. The molecule has 7 nitrogen and oxygen atoms in total. The van der Waals surface area contributed by atoms with Crippen LogP contribution in [0.25, 0.3) is 0 Å². The number of hydroxylamine groups is 1. The largest absolute Gasteiger partial charge is 0.482 e. The van der Waals surface area contributed by atoms with E-state index in [1.54, 1.807) is 22.5 Å². The number of hydrogen-bond acceptors (Lipinski definition) is 5. The van der Waals surface area contributed by atoms with Gasteiger partial charge in [0.25, 0.3) is 11.8 Å². The molecule has 2 aliphatic heterocycles. The van der Waals surface area contributed by atoms with E-state index >= 15 is 0 Å². The average molecular weight is 377 g/mol. The van der Waals surface area contributed by atoms with Crippen molar-refractivity contribution in [3.63, 3.8) is 0 Å². The Kier molecular flexibility index (Phi) is 4.67. The smallest absolute Gasteiger partial charge is 0.274 e. The number of nitrogens with one attached hydrogen (secondary N) is 1. The lowest BCUT2D eigenvalue weighted by molar-refractivity contribution is -0.121. The van der Waals surface area contributed by atoms with Gasteiger partial charge in [-0.05, 0) is 36.3 Å². The first-order valence-electron chi connectivity index (χ1n) is 8.90. The number of nitrogens with zero attached hydrogens (tertiary/aromatic N) is 2. The van der Waals surface area contributed by atoms with Crippen LogP contribution in [0.4, 0.5) is 5.69 Å². The van der Waals surface area contributed by atoms with Gasteiger partial charge in [0.15, 0.2) is 6.61 Å². The summed E-state index contributed by atoms with van der Waals surface area (Å²) in [5.41, 5.74) is 6.32. The van der Waals surface area contributed by atoms with E-state index in [2.05, 4.69) is 4.99 Å². The Morgan fingerprint density at radius 1 is 1.25 bits per heavy atom. The number of allylic oxidation sites excluding steroid dienone is 1. The van der Waals surface area contributed by atoms with Crippen molar-refractivity contribution in [2.24, 2.45) is 4.99 Å². The van der Waals surface area contributed by atoms with E-state index in [-0.39, 0.29) is 18.1 Å². The molecule has 0 saturated carbocycles. The molecule has 0 atom stereocenters.